The summed E-state index contributed by atoms with van der Waals surface area (Å²) in [6.45, 7) is 1.06. The van der Waals surface area contributed by atoms with E-state index in [-0.39, 0.29) is 5.97 Å². The van der Waals surface area contributed by atoms with E-state index in [1.54, 1.807) is 12.1 Å². The van der Waals surface area contributed by atoms with Gasteiger partial charge in [-0.2, -0.15) is 0 Å². The molecule has 0 bridgehead atoms. The molecule has 7 heteroatoms. The number of ether oxygens (including phenoxy) is 1. The third-order valence-corrected chi connectivity index (χ3v) is 5.22. The van der Waals surface area contributed by atoms with Crippen LogP contribution in [-0.2, 0) is 11.3 Å². The van der Waals surface area contributed by atoms with Gasteiger partial charge in [0.2, 0.25) is 5.13 Å². The molecule has 0 radical (unpaired) electrons. The maximum atomic E-state index is 11.8. The molecule has 0 saturated carbocycles. The average Bonchev–Trinajstić information content (AvgIpc) is 3.13. The van der Waals surface area contributed by atoms with Crippen LogP contribution in [0.5, 0.6) is 0 Å². The Morgan fingerprint density at radius 3 is 2.52 bits per heavy atom. The molecule has 0 aliphatic rings. The van der Waals surface area contributed by atoms with Crippen molar-refractivity contribution in [2.75, 3.05) is 17.7 Å². The second-order valence-electron chi connectivity index (χ2n) is 5.06. The molecule has 2 aromatic carbocycles. The van der Waals surface area contributed by atoms with Crippen LogP contribution in [0.2, 0.25) is 0 Å². The van der Waals surface area contributed by atoms with Crippen molar-refractivity contribution in [1.29, 1.82) is 0 Å². The van der Waals surface area contributed by atoms with E-state index in [9.17, 15) is 4.79 Å². The fourth-order valence-electron chi connectivity index (χ4n) is 2.03. The van der Waals surface area contributed by atoms with Crippen LogP contribution < -0.4 is 5.32 Å². The lowest BCUT2D eigenvalue weighted by atomic mass is 10.2. The Hall–Kier alpha value is -2.38. The van der Waals surface area contributed by atoms with Crippen LogP contribution in [0.15, 0.2) is 65.0 Å². The van der Waals surface area contributed by atoms with Gasteiger partial charge < -0.3 is 10.1 Å². The largest absolute Gasteiger partial charge is 0.461 e. The van der Waals surface area contributed by atoms with Crippen LogP contribution in [0, 0.1) is 0 Å². The second-order valence-corrected chi connectivity index (χ2v) is 7.38. The fraction of sp³-hybridized carbons (Fsp3) is 0.167. The van der Waals surface area contributed by atoms with E-state index in [1.807, 2.05) is 36.4 Å². The SMILES string of the molecule is O=C(OCCSc1nnc(NCc2ccccc2)s1)c1ccccc1. The highest BCUT2D eigenvalue weighted by molar-refractivity contribution is 8.01. The molecule has 0 fully saturated rings. The molecule has 0 unspecified atom stereocenters. The summed E-state index contributed by atoms with van der Waals surface area (Å²) in [7, 11) is 0. The maximum Gasteiger partial charge on any atom is 0.338 e. The summed E-state index contributed by atoms with van der Waals surface area (Å²) in [6.07, 6.45) is 0. The van der Waals surface area contributed by atoms with Crippen LogP contribution in [0.1, 0.15) is 15.9 Å². The van der Waals surface area contributed by atoms with Gasteiger partial charge in [0.15, 0.2) is 4.34 Å². The predicted octanol–water partition coefficient (Wildman–Crippen LogP) is 4.10. The van der Waals surface area contributed by atoms with Crippen LogP contribution >= 0.6 is 23.1 Å². The summed E-state index contributed by atoms with van der Waals surface area (Å²) in [4.78, 5) is 11.8. The Bertz CT molecular complexity index is 794. The molecule has 25 heavy (non-hydrogen) atoms. The number of anilines is 1. The Labute approximate surface area is 154 Å². The molecule has 1 aromatic heterocycles. The van der Waals surface area contributed by atoms with Gasteiger partial charge in [0.1, 0.15) is 6.61 Å². The minimum atomic E-state index is -0.302. The van der Waals surface area contributed by atoms with Gasteiger partial charge in [-0.1, -0.05) is 71.6 Å². The molecule has 0 atom stereocenters. The van der Waals surface area contributed by atoms with Gasteiger partial charge in [0.05, 0.1) is 5.56 Å². The first-order valence-corrected chi connectivity index (χ1v) is 9.58. The van der Waals surface area contributed by atoms with Crippen LogP contribution in [0.25, 0.3) is 0 Å². The van der Waals surface area contributed by atoms with Crippen molar-refractivity contribution in [2.24, 2.45) is 0 Å². The van der Waals surface area contributed by atoms with Gasteiger partial charge in [-0.15, -0.1) is 10.2 Å². The Kier molecular flexibility index (Phi) is 6.42. The minimum Gasteiger partial charge on any atom is -0.461 e. The number of thioether (sulfide) groups is 1. The van der Waals surface area contributed by atoms with Crippen LogP contribution in [-0.4, -0.2) is 28.5 Å². The zero-order valence-corrected chi connectivity index (χ0v) is 15.1. The van der Waals surface area contributed by atoms with E-state index in [0.717, 1.165) is 16.0 Å². The molecule has 1 heterocycles. The number of hydrogen-bond donors (Lipinski definition) is 1. The summed E-state index contributed by atoms with van der Waals surface area (Å²) >= 11 is 3.02. The quantitative estimate of drug-likeness (QED) is 0.365. The molecule has 0 spiro atoms. The van der Waals surface area contributed by atoms with Crippen LogP contribution in [0.4, 0.5) is 5.13 Å². The number of rotatable bonds is 8. The molecular weight excluding hydrogens is 354 g/mol. The Morgan fingerprint density at radius 1 is 1.04 bits per heavy atom. The van der Waals surface area contributed by atoms with E-state index in [1.165, 1.54) is 28.7 Å². The first-order valence-electron chi connectivity index (χ1n) is 7.77. The van der Waals surface area contributed by atoms with Gasteiger partial charge in [0, 0.05) is 12.3 Å². The number of carbonyl (C=O) groups is 1. The molecule has 3 rings (SSSR count). The van der Waals surface area contributed by atoms with Crippen molar-refractivity contribution in [3.8, 4) is 0 Å². The number of esters is 1. The van der Waals surface area contributed by atoms with Crippen molar-refractivity contribution >= 4 is 34.2 Å². The molecule has 1 N–H and O–H groups in total. The summed E-state index contributed by atoms with van der Waals surface area (Å²) < 4.78 is 6.10. The Balaban J connectivity index is 1.38. The van der Waals surface area contributed by atoms with Crippen molar-refractivity contribution in [3.05, 3.63) is 71.8 Å². The van der Waals surface area contributed by atoms with Gasteiger partial charge in [-0.05, 0) is 17.7 Å². The lowest BCUT2D eigenvalue weighted by molar-refractivity contribution is 0.0530. The highest BCUT2D eigenvalue weighted by atomic mass is 32.2. The molecule has 0 amide bonds. The van der Waals surface area contributed by atoms with E-state index < -0.39 is 0 Å². The molecular formula is C18H17N3O2S2. The predicted molar refractivity (Wildman–Crippen MR) is 101 cm³/mol. The van der Waals surface area contributed by atoms with E-state index in [0.29, 0.717) is 17.9 Å². The summed E-state index contributed by atoms with van der Waals surface area (Å²) in [5.74, 6) is 0.343. The first kappa shape index (κ1) is 17.4. The van der Waals surface area contributed by atoms with Crippen molar-refractivity contribution < 1.29 is 9.53 Å². The van der Waals surface area contributed by atoms with Gasteiger partial charge >= 0.3 is 5.97 Å². The fourth-order valence-corrected chi connectivity index (χ4v) is 3.67. The number of hydrogen-bond acceptors (Lipinski definition) is 7. The highest BCUT2D eigenvalue weighted by Crippen LogP contribution is 2.25. The van der Waals surface area contributed by atoms with Gasteiger partial charge in [-0.25, -0.2) is 4.79 Å². The van der Waals surface area contributed by atoms with E-state index >= 15 is 0 Å². The van der Waals surface area contributed by atoms with Crippen molar-refractivity contribution in [2.45, 2.75) is 10.9 Å². The summed E-state index contributed by atoms with van der Waals surface area (Å²) in [6, 6.07) is 19.1. The molecule has 128 valence electrons. The molecule has 0 aliphatic heterocycles. The monoisotopic (exact) mass is 371 g/mol. The van der Waals surface area contributed by atoms with Crippen molar-refractivity contribution in [1.82, 2.24) is 10.2 Å². The standard InChI is InChI=1S/C18H17N3O2S2/c22-16(15-9-5-2-6-10-15)23-11-12-24-18-21-20-17(25-18)19-13-14-7-3-1-4-8-14/h1-10H,11-13H2,(H,19,20). The van der Waals surface area contributed by atoms with E-state index in [4.69, 9.17) is 4.74 Å². The zero-order chi connectivity index (χ0) is 17.3. The smallest absolute Gasteiger partial charge is 0.338 e. The molecule has 0 saturated heterocycles. The van der Waals surface area contributed by atoms with Crippen molar-refractivity contribution in [3.63, 3.8) is 0 Å². The summed E-state index contributed by atoms with van der Waals surface area (Å²) in [5.41, 5.74) is 1.76. The number of carbonyl (C=O) groups excluding carboxylic acids is 1. The lowest BCUT2D eigenvalue weighted by Crippen LogP contribution is -2.07. The normalized spacial score (nSPS) is 10.4. The van der Waals surface area contributed by atoms with E-state index in [2.05, 4.69) is 27.6 Å². The third-order valence-electron chi connectivity index (χ3n) is 3.24. The van der Waals surface area contributed by atoms with Gasteiger partial charge in [0.25, 0.3) is 0 Å². The first-order chi connectivity index (χ1) is 12.3. The number of nitrogens with one attached hydrogen (secondary N) is 1. The third kappa shape index (κ3) is 5.58. The second kappa shape index (κ2) is 9.19. The highest BCUT2D eigenvalue weighted by Gasteiger charge is 2.07. The zero-order valence-electron chi connectivity index (χ0n) is 13.4. The van der Waals surface area contributed by atoms with Gasteiger partial charge in [-0.3, -0.25) is 0 Å². The van der Waals surface area contributed by atoms with Crippen LogP contribution in [0.3, 0.4) is 0 Å². The average molecular weight is 371 g/mol. The maximum absolute atomic E-state index is 11.8. The Morgan fingerprint density at radius 2 is 1.76 bits per heavy atom. The lowest BCUT2D eigenvalue weighted by Gasteiger charge is -2.03. The molecule has 5 nitrogen and oxygen atoms in total. The minimum absolute atomic E-state index is 0.302. The number of nitrogens with zero attached hydrogens (tertiary/aromatic N) is 2. The number of aromatic nitrogens is 2. The number of benzene rings is 2. The summed E-state index contributed by atoms with van der Waals surface area (Å²) in [5, 5.41) is 12.3. The molecule has 3 aromatic rings. The molecule has 0 aliphatic carbocycles. The topological polar surface area (TPSA) is 64.1 Å².